The van der Waals surface area contributed by atoms with Crippen LogP contribution >= 0.6 is 11.3 Å². The second kappa shape index (κ2) is 4.51. The van der Waals surface area contributed by atoms with Crippen molar-refractivity contribution in [1.82, 2.24) is 0 Å². The summed E-state index contributed by atoms with van der Waals surface area (Å²) in [6.45, 7) is 1.08. The summed E-state index contributed by atoms with van der Waals surface area (Å²) in [4.78, 5) is 11.7. The minimum absolute atomic E-state index is 0.153. The molecule has 2 heterocycles. The zero-order chi connectivity index (χ0) is 12.5. The van der Waals surface area contributed by atoms with Crippen LogP contribution in [0.3, 0.4) is 0 Å². The lowest BCUT2D eigenvalue weighted by Gasteiger charge is -2.21. The molecule has 2 aromatic rings. The first-order valence-corrected chi connectivity index (χ1v) is 6.77. The number of nitro benzene ring substituents is 1. The van der Waals surface area contributed by atoms with Crippen LogP contribution in [0.4, 0.5) is 5.69 Å². The highest BCUT2D eigenvalue weighted by atomic mass is 32.1. The van der Waals surface area contributed by atoms with E-state index < -0.39 is 0 Å². The van der Waals surface area contributed by atoms with Gasteiger partial charge in [-0.15, -0.1) is 11.3 Å². The Kier molecular flexibility index (Phi) is 2.85. The lowest BCUT2D eigenvalue weighted by molar-refractivity contribution is -0.689. The average Bonchev–Trinajstić information content (AvgIpc) is 2.87. The molecule has 0 aliphatic carbocycles. The Labute approximate surface area is 108 Å². The van der Waals surface area contributed by atoms with E-state index in [1.165, 1.54) is 10.4 Å². The zero-order valence-electron chi connectivity index (χ0n) is 9.70. The Bertz CT molecular complexity index is 577. The molecular formula is C13H13N2O2S+. The van der Waals surface area contributed by atoms with Crippen molar-refractivity contribution in [2.75, 3.05) is 6.54 Å². The monoisotopic (exact) mass is 261 g/mol. The summed E-state index contributed by atoms with van der Waals surface area (Å²) in [6.07, 6.45) is 1.12. The fourth-order valence-corrected chi connectivity index (χ4v) is 3.40. The van der Waals surface area contributed by atoms with Crippen LogP contribution in [0.25, 0.3) is 0 Å². The summed E-state index contributed by atoms with van der Waals surface area (Å²) in [6, 6.07) is 9.37. The molecule has 1 aliphatic rings. The van der Waals surface area contributed by atoms with Gasteiger partial charge in [-0.25, -0.2) is 0 Å². The van der Waals surface area contributed by atoms with Gasteiger partial charge >= 0.3 is 0 Å². The third-order valence-electron chi connectivity index (χ3n) is 3.35. The highest BCUT2D eigenvalue weighted by Gasteiger charge is 2.25. The first-order valence-electron chi connectivity index (χ1n) is 5.89. The van der Waals surface area contributed by atoms with Crippen molar-refractivity contribution in [3.05, 3.63) is 61.8 Å². The van der Waals surface area contributed by atoms with Crippen LogP contribution in [0.5, 0.6) is 0 Å². The molecule has 2 N–H and O–H groups in total. The Balaban J connectivity index is 1.95. The first kappa shape index (κ1) is 11.4. The number of nitrogens with two attached hydrogens (primary N) is 1. The number of rotatable bonds is 2. The molecule has 0 saturated carbocycles. The number of hydrogen-bond acceptors (Lipinski definition) is 3. The number of thiophene rings is 1. The van der Waals surface area contributed by atoms with Crippen LogP contribution < -0.4 is 5.32 Å². The van der Waals surface area contributed by atoms with Gasteiger partial charge < -0.3 is 5.32 Å². The minimum atomic E-state index is -0.357. The van der Waals surface area contributed by atoms with Gasteiger partial charge in [0.05, 0.1) is 11.5 Å². The quantitative estimate of drug-likeness (QED) is 0.662. The first-order chi connectivity index (χ1) is 8.75. The summed E-state index contributed by atoms with van der Waals surface area (Å²) in [5.74, 6) is 0. The predicted molar refractivity (Wildman–Crippen MR) is 69.8 cm³/mol. The lowest BCUT2D eigenvalue weighted by atomic mass is 9.95. The maximum atomic E-state index is 10.6. The van der Waals surface area contributed by atoms with Gasteiger partial charge in [0, 0.05) is 34.6 Å². The molecule has 4 nitrogen and oxygen atoms in total. The van der Waals surface area contributed by atoms with Gasteiger partial charge in [-0.2, -0.15) is 0 Å². The van der Waals surface area contributed by atoms with Crippen molar-refractivity contribution >= 4 is 17.0 Å². The van der Waals surface area contributed by atoms with Crippen molar-refractivity contribution in [2.45, 2.75) is 12.5 Å². The van der Waals surface area contributed by atoms with Crippen LogP contribution in [-0.4, -0.2) is 11.5 Å². The molecular weight excluding hydrogens is 248 g/mol. The summed E-state index contributed by atoms with van der Waals surface area (Å²) in [5, 5.41) is 15.1. The fraction of sp³-hybridized carbons (Fsp3) is 0.231. The molecule has 1 aromatic carbocycles. The molecule has 5 heteroatoms. The molecule has 18 heavy (non-hydrogen) atoms. The number of hydrogen-bond donors (Lipinski definition) is 1. The number of non-ortho nitro benzene ring substituents is 1. The SMILES string of the molecule is O=[N+]([O-])c1ccc([C@@H]2[NH2+]CCc3sccc32)cc1. The molecule has 1 aromatic heterocycles. The number of fused-ring (bicyclic) bond motifs is 1. The third-order valence-corrected chi connectivity index (χ3v) is 4.35. The van der Waals surface area contributed by atoms with E-state index in [2.05, 4.69) is 16.8 Å². The van der Waals surface area contributed by atoms with Crippen LogP contribution in [0, 0.1) is 10.1 Å². The van der Waals surface area contributed by atoms with Gasteiger partial charge in [0.25, 0.3) is 5.69 Å². The molecule has 0 bridgehead atoms. The molecule has 0 amide bonds. The van der Waals surface area contributed by atoms with E-state index in [0.29, 0.717) is 6.04 Å². The summed E-state index contributed by atoms with van der Waals surface area (Å²) in [5.41, 5.74) is 2.65. The van der Waals surface area contributed by atoms with Crippen molar-refractivity contribution in [2.24, 2.45) is 0 Å². The third kappa shape index (κ3) is 1.91. The highest BCUT2D eigenvalue weighted by Crippen LogP contribution is 2.29. The lowest BCUT2D eigenvalue weighted by Crippen LogP contribution is -2.87. The number of quaternary nitrogens is 1. The molecule has 1 aliphatic heterocycles. The maximum absolute atomic E-state index is 10.6. The van der Waals surface area contributed by atoms with Gasteiger partial charge in [0.15, 0.2) is 0 Å². The van der Waals surface area contributed by atoms with Crippen LogP contribution in [0.2, 0.25) is 0 Å². The largest absolute Gasteiger partial charge is 0.336 e. The summed E-state index contributed by atoms with van der Waals surface area (Å²) >= 11 is 1.80. The number of benzene rings is 1. The number of nitro groups is 1. The molecule has 3 rings (SSSR count). The predicted octanol–water partition coefficient (Wildman–Crippen LogP) is 1.87. The van der Waals surface area contributed by atoms with Gasteiger partial charge in [0.1, 0.15) is 6.04 Å². The van der Waals surface area contributed by atoms with Gasteiger partial charge in [0.2, 0.25) is 0 Å². The fourth-order valence-electron chi connectivity index (χ4n) is 2.46. The van der Waals surface area contributed by atoms with Crippen LogP contribution in [0.15, 0.2) is 35.7 Å². The van der Waals surface area contributed by atoms with Crippen molar-refractivity contribution in [3.8, 4) is 0 Å². The smallest absolute Gasteiger partial charge is 0.269 e. The van der Waals surface area contributed by atoms with Crippen molar-refractivity contribution < 1.29 is 10.2 Å². The zero-order valence-corrected chi connectivity index (χ0v) is 10.5. The Morgan fingerprint density at radius 3 is 2.78 bits per heavy atom. The van der Waals surface area contributed by atoms with Crippen LogP contribution in [-0.2, 0) is 6.42 Å². The van der Waals surface area contributed by atoms with E-state index >= 15 is 0 Å². The molecule has 92 valence electrons. The summed E-state index contributed by atoms with van der Waals surface area (Å²) < 4.78 is 0. The highest BCUT2D eigenvalue weighted by molar-refractivity contribution is 7.10. The Morgan fingerprint density at radius 1 is 1.28 bits per heavy atom. The van der Waals surface area contributed by atoms with Gasteiger partial charge in [-0.1, -0.05) is 0 Å². The Morgan fingerprint density at radius 2 is 2.06 bits per heavy atom. The van der Waals surface area contributed by atoms with E-state index in [1.807, 2.05) is 12.1 Å². The molecule has 1 atom stereocenters. The molecule has 0 spiro atoms. The van der Waals surface area contributed by atoms with E-state index in [9.17, 15) is 10.1 Å². The maximum Gasteiger partial charge on any atom is 0.269 e. The van der Waals surface area contributed by atoms with Gasteiger partial charge in [-0.3, -0.25) is 10.1 Å². The van der Waals surface area contributed by atoms with E-state index in [0.717, 1.165) is 18.5 Å². The van der Waals surface area contributed by atoms with E-state index in [1.54, 1.807) is 23.5 Å². The molecule has 0 radical (unpaired) electrons. The molecule has 0 saturated heterocycles. The van der Waals surface area contributed by atoms with Crippen LogP contribution in [0.1, 0.15) is 22.0 Å². The second-order valence-corrected chi connectivity index (χ2v) is 5.40. The van der Waals surface area contributed by atoms with Crippen molar-refractivity contribution in [3.63, 3.8) is 0 Å². The standard InChI is InChI=1S/C13H12N2O2S/c16-15(17)10-3-1-9(2-4-10)13-11-6-8-18-12(11)5-7-14-13/h1-4,6,8,13-14H,5,7H2/p+1/t13-/m0/s1. The summed E-state index contributed by atoms with van der Waals surface area (Å²) in [7, 11) is 0. The Hall–Kier alpha value is -1.72. The average molecular weight is 261 g/mol. The van der Waals surface area contributed by atoms with E-state index in [4.69, 9.17) is 0 Å². The number of nitrogens with zero attached hydrogens (tertiary/aromatic N) is 1. The van der Waals surface area contributed by atoms with Crippen molar-refractivity contribution in [1.29, 1.82) is 0 Å². The van der Waals surface area contributed by atoms with Gasteiger partial charge in [-0.05, 0) is 23.6 Å². The molecule has 0 fully saturated rings. The normalized spacial score (nSPS) is 18.3. The topological polar surface area (TPSA) is 59.8 Å². The second-order valence-electron chi connectivity index (χ2n) is 4.40. The minimum Gasteiger partial charge on any atom is -0.336 e. The molecule has 0 unspecified atom stereocenters. The van der Waals surface area contributed by atoms with E-state index in [-0.39, 0.29) is 10.6 Å².